The molecule has 1 atom stereocenters. The summed E-state index contributed by atoms with van der Waals surface area (Å²) < 4.78 is 18.9. The lowest BCUT2D eigenvalue weighted by atomic mass is 9.76. The van der Waals surface area contributed by atoms with E-state index in [0.717, 1.165) is 25.7 Å². The maximum absolute atomic E-state index is 14.0. The molecular weight excluding hydrogens is 275 g/mol. The Bertz CT molecular complexity index is 509. The molecule has 1 aromatic carbocycles. The Balaban J connectivity index is 2.15. The van der Waals surface area contributed by atoms with Gasteiger partial charge < -0.3 is 14.9 Å². The zero-order chi connectivity index (χ0) is 15.5. The second-order valence-corrected chi connectivity index (χ2v) is 5.88. The number of carboxylic acids is 1. The van der Waals surface area contributed by atoms with Gasteiger partial charge in [-0.05, 0) is 36.8 Å². The van der Waals surface area contributed by atoms with Gasteiger partial charge in [0.25, 0.3) is 0 Å². The van der Waals surface area contributed by atoms with Crippen molar-refractivity contribution in [3.05, 3.63) is 29.6 Å². The Labute approximate surface area is 123 Å². The number of ether oxygens (including phenoxy) is 1. The predicted molar refractivity (Wildman–Crippen MR) is 75.7 cm³/mol. The van der Waals surface area contributed by atoms with Gasteiger partial charge in [-0.3, -0.25) is 4.79 Å². The first kappa shape index (κ1) is 15.8. The minimum absolute atomic E-state index is 0.0296. The number of benzene rings is 1. The Morgan fingerprint density at radius 1 is 1.43 bits per heavy atom. The molecule has 1 unspecified atom stereocenters. The van der Waals surface area contributed by atoms with E-state index in [9.17, 15) is 14.3 Å². The van der Waals surface area contributed by atoms with Gasteiger partial charge in [-0.25, -0.2) is 4.39 Å². The molecule has 0 spiro atoms. The van der Waals surface area contributed by atoms with Gasteiger partial charge in [0.1, 0.15) is 11.6 Å². The van der Waals surface area contributed by atoms with Crippen LogP contribution in [0, 0.1) is 11.2 Å². The van der Waals surface area contributed by atoms with Crippen LogP contribution in [-0.2, 0) is 4.79 Å². The van der Waals surface area contributed by atoms with Crippen LogP contribution in [0.5, 0.6) is 5.75 Å². The molecular formula is C16H21FO4. The Kier molecular flexibility index (Phi) is 4.83. The van der Waals surface area contributed by atoms with Crippen LogP contribution in [0.1, 0.15) is 50.2 Å². The fourth-order valence-corrected chi connectivity index (χ4v) is 3.32. The summed E-state index contributed by atoms with van der Waals surface area (Å²) in [7, 11) is 1.45. The van der Waals surface area contributed by atoms with E-state index in [1.165, 1.54) is 19.2 Å². The van der Waals surface area contributed by atoms with Crippen LogP contribution >= 0.6 is 0 Å². The lowest BCUT2D eigenvalue weighted by Gasteiger charge is -2.30. The Morgan fingerprint density at radius 3 is 2.62 bits per heavy atom. The van der Waals surface area contributed by atoms with Crippen molar-refractivity contribution in [2.45, 2.75) is 44.6 Å². The molecule has 2 N–H and O–H groups in total. The number of methoxy groups -OCH3 is 1. The van der Waals surface area contributed by atoms with Gasteiger partial charge in [0, 0.05) is 11.6 Å². The number of hydrogen-bond acceptors (Lipinski definition) is 3. The van der Waals surface area contributed by atoms with Crippen LogP contribution in [-0.4, -0.2) is 23.3 Å². The number of aliphatic carboxylic acids is 1. The molecule has 5 heteroatoms. The smallest absolute Gasteiger partial charge is 0.303 e. The van der Waals surface area contributed by atoms with Crippen molar-refractivity contribution in [3.63, 3.8) is 0 Å². The highest BCUT2D eigenvalue weighted by Crippen LogP contribution is 2.47. The fraction of sp³-hybridized carbons (Fsp3) is 0.562. The maximum atomic E-state index is 14.0. The lowest BCUT2D eigenvalue weighted by Crippen LogP contribution is -2.24. The van der Waals surface area contributed by atoms with Crippen molar-refractivity contribution in [3.8, 4) is 5.75 Å². The summed E-state index contributed by atoms with van der Waals surface area (Å²) in [5.74, 6) is -0.991. The van der Waals surface area contributed by atoms with E-state index in [2.05, 4.69) is 0 Å². The van der Waals surface area contributed by atoms with Crippen molar-refractivity contribution >= 4 is 5.97 Å². The van der Waals surface area contributed by atoms with Crippen LogP contribution in [0.15, 0.2) is 18.2 Å². The molecule has 0 aromatic heterocycles. The summed E-state index contributed by atoms with van der Waals surface area (Å²) in [5, 5.41) is 19.4. The number of carbonyl (C=O) groups is 1. The minimum Gasteiger partial charge on any atom is -0.497 e. The summed E-state index contributed by atoms with van der Waals surface area (Å²) in [6.45, 7) is 0. The third-order valence-corrected chi connectivity index (χ3v) is 4.38. The van der Waals surface area contributed by atoms with E-state index >= 15 is 0 Å². The van der Waals surface area contributed by atoms with Gasteiger partial charge in [0.2, 0.25) is 0 Å². The summed E-state index contributed by atoms with van der Waals surface area (Å²) in [4.78, 5) is 11.1. The molecule has 0 bridgehead atoms. The Morgan fingerprint density at radius 2 is 2.10 bits per heavy atom. The quantitative estimate of drug-likeness (QED) is 0.845. The summed E-state index contributed by atoms with van der Waals surface area (Å²) in [6.07, 6.45) is 2.79. The molecule has 1 aromatic rings. The molecule has 1 aliphatic rings. The third kappa shape index (κ3) is 3.73. The highest BCUT2D eigenvalue weighted by atomic mass is 19.1. The predicted octanol–water partition coefficient (Wildman–Crippen LogP) is 3.29. The number of aliphatic hydroxyl groups is 1. The first-order valence-corrected chi connectivity index (χ1v) is 7.19. The number of carboxylic acid groups (broad SMARTS) is 1. The average molecular weight is 296 g/mol. The summed E-state index contributed by atoms with van der Waals surface area (Å²) >= 11 is 0. The molecule has 0 saturated heterocycles. The molecule has 1 fully saturated rings. The summed E-state index contributed by atoms with van der Waals surface area (Å²) in [5.41, 5.74) is -0.218. The molecule has 0 aliphatic heterocycles. The first-order chi connectivity index (χ1) is 9.96. The number of halogens is 1. The molecule has 116 valence electrons. The maximum Gasteiger partial charge on any atom is 0.303 e. The van der Waals surface area contributed by atoms with Gasteiger partial charge in [-0.15, -0.1) is 0 Å². The largest absolute Gasteiger partial charge is 0.497 e. The van der Waals surface area contributed by atoms with Crippen LogP contribution in [0.2, 0.25) is 0 Å². The average Bonchev–Trinajstić information content (AvgIpc) is 2.85. The molecule has 0 radical (unpaired) electrons. The zero-order valence-corrected chi connectivity index (χ0v) is 12.1. The van der Waals surface area contributed by atoms with Crippen molar-refractivity contribution in [1.82, 2.24) is 0 Å². The minimum atomic E-state index is -0.992. The van der Waals surface area contributed by atoms with Crippen molar-refractivity contribution in [1.29, 1.82) is 0 Å². The number of hydrogen-bond donors (Lipinski definition) is 2. The molecule has 2 rings (SSSR count). The second kappa shape index (κ2) is 6.43. The van der Waals surface area contributed by atoms with E-state index in [-0.39, 0.29) is 18.4 Å². The van der Waals surface area contributed by atoms with E-state index in [4.69, 9.17) is 9.84 Å². The molecule has 4 nitrogen and oxygen atoms in total. The van der Waals surface area contributed by atoms with Crippen molar-refractivity contribution in [2.75, 3.05) is 7.11 Å². The molecule has 1 aliphatic carbocycles. The van der Waals surface area contributed by atoms with Crippen LogP contribution in [0.25, 0.3) is 0 Å². The van der Waals surface area contributed by atoms with E-state index in [0.29, 0.717) is 5.75 Å². The van der Waals surface area contributed by atoms with Crippen LogP contribution in [0.3, 0.4) is 0 Å². The Hall–Kier alpha value is -1.62. The monoisotopic (exact) mass is 296 g/mol. The van der Waals surface area contributed by atoms with Gasteiger partial charge in [0.15, 0.2) is 0 Å². The molecule has 0 heterocycles. The van der Waals surface area contributed by atoms with Gasteiger partial charge in [-0.2, -0.15) is 0 Å². The normalized spacial score (nSPS) is 18.4. The third-order valence-electron chi connectivity index (χ3n) is 4.38. The van der Waals surface area contributed by atoms with E-state index in [1.54, 1.807) is 6.07 Å². The van der Waals surface area contributed by atoms with E-state index in [1.807, 2.05) is 0 Å². The van der Waals surface area contributed by atoms with Crippen LogP contribution in [0.4, 0.5) is 4.39 Å². The van der Waals surface area contributed by atoms with E-state index < -0.39 is 23.3 Å². The molecule has 1 saturated carbocycles. The number of aliphatic hydroxyl groups excluding tert-OH is 1. The standard InChI is InChI=1S/C16H21FO4/c1-21-11-4-5-12(13(17)8-11)14(18)9-16(10-15(19)20)6-2-3-7-16/h4-5,8,14,18H,2-3,6-7,9-10H2,1H3,(H,19,20). The number of rotatable bonds is 6. The zero-order valence-electron chi connectivity index (χ0n) is 12.1. The molecule has 0 amide bonds. The van der Waals surface area contributed by atoms with Crippen molar-refractivity contribution in [2.24, 2.45) is 5.41 Å². The highest BCUT2D eigenvalue weighted by molar-refractivity contribution is 5.67. The van der Waals surface area contributed by atoms with Gasteiger partial charge >= 0.3 is 5.97 Å². The molecule has 21 heavy (non-hydrogen) atoms. The lowest BCUT2D eigenvalue weighted by molar-refractivity contribution is -0.140. The second-order valence-electron chi connectivity index (χ2n) is 5.88. The van der Waals surface area contributed by atoms with Gasteiger partial charge in [-0.1, -0.05) is 12.8 Å². The first-order valence-electron chi connectivity index (χ1n) is 7.19. The van der Waals surface area contributed by atoms with Crippen LogP contribution < -0.4 is 4.74 Å². The fourth-order valence-electron chi connectivity index (χ4n) is 3.32. The topological polar surface area (TPSA) is 66.8 Å². The summed E-state index contributed by atoms with van der Waals surface area (Å²) in [6, 6.07) is 4.33. The van der Waals surface area contributed by atoms with Gasteiger partial charge in [0.05, 0.1) is 19.6 Å². The SMILES string of the molecule is COc1ccc(C(O)CC2(CC(=O)O)CCCC2)c(F)c1. The van der Waals surface area contributed by atoms with Crippen molar-refractivity contribution < 1.29 is 24.1 Å². The highest BCUT2D eigenvalue weighted by Gasteiger charge is 2.38.